The summed E-state index contributed by atoms with van der Waals surface area (Å²) in [7, 11) is 0. The molecule has 0 rings (SSSR count). The van der Waals surface area contributed by atoms with Crippen LogP contribution in [-0.4, -0.2) is 22.2 Å². The normalized spacial score (nSPS) is 8.86. The highest BCUT2D eigenvalue weighted by Gasteiger charge is 2.16. The van der Waals surface area contributed by atoms with Crippen LogP contribution in [0.4, 0.5) is 0 Å². The molecule has 0 aliphatic heterocycles. The Morgan fingerprint density at radius 2 is 0.857 bits per heavy atom. The van der Waals surface area contributed by atoms with Gasteiger partial charge in [-0.05, 0) is 11.1 Å². The van der Waals surface area contributed by atoms with Crippen molar-refractivity contribution in [1.29, 1.82) is 0 Å². The van der Waals surface area contributed by atoms with Gasteiger partial charge in [0.25, 0.3) is 0 Å². The van der Waals surface area contributed by atoms with E-state index in [0.717, 1.165) is 0 Å². The molecule has 0 heterocycles. The minimum atomic E-state index is -1.27. The largest absolute Gasteiger partial charge is 0.478 e. The molecule has 0 saturated heterocycles. The van der Waals surface area contributed by atoms with Crippen LogP contribution >= 0.6 is 0 Å². The van der Waals surface area contributed by atoms with Crippen LogP contribution in [0.1, 0.15) is 0 Å². The van der Waals surface area contributed by atoms with Crippen molar-refractivity contribution < 1.29 is 19.8 Å². The fraction of sp³-hybridized carbons (Fsp3) is 0. The van der Waals surface area contributed by atoms with Crippen molar-refractivity contribution in [3.05, 3.63) is 48.6 Å². The van der Waals surface area contributed by atoms with Crippen molar-refractivity contribution in [3.63, 3.8) is 0 Å². The number of aliphatic carboxylic acids is 2. The van der Waals surface area contributed by atoms with Crippen molar-refractivity contribution in [2.75, 3.05) is 0 Å². The molecule has 0 saturated carbocycles. The summed E-state index contributed by atoms with van der Waals surface area (Å²) in [5, 5.41) is 17.1. The Morgan fingerprint density at radius 1 is 0.643 bits per heavy atom. The summed E-state index contributed by atoms with van der Waals surface area (Å²) in [5.41, 5.74) is -0.662. The predicted molar refractivity (Wildman–Crippen MR) is 51.8 cm³/mol. The van der Waals surface area contributed by atoms with Crippen molar-refractivity contribution in [1.82, 2.24) is 0 Å². The van der Waals surface area contributed by atoms with E-state index in [1.54, 1.807) is 0 Å². The van der Waals surface area contributed by atoms with E-state index < -0.39 is 11.9 Å². The summed E-state index contributed by atoms with van der Waals surface area (Å²) in [6, 6.07) is 0. The Kier molecular flexibility index (Phi) is 3.59. The number of carboxylic acid groups (broad SMARTS) is 2. The van der Waals surface area contributed by atoms with Crippen LogP contribution < -0.4 is 0 Å². The SMILES string of the molecule is C=C(C(=C)C(=C)C(=O)O)C(=C)C(=O)O. The molecule has 0 fully saturated rings. The van der Waals surface area contributed by atoms with Crippen molar-refractivity contribution >= 4 is 11.9 Å². The van der Waals surface area contributed by atoms with Crippen LogP contribution in [0.3, 0.4) is 0 Å². The lowest BCUT2D eigenvalue weighted by Gasteiger charge is -2.08. The van der Waals surface area contributed by atoms with Gasteiger partial charge in [0.05, 0.1) is 11.1 Å². The van der Waals surface area contributed by atoms with Crippen LogP contribution in [0.15, 0.2) is 48.6 Å². The second-order valence-electron chi connectivity index (χ2n) is 2.52. The van der Waals surface area contributed by atoms with Gasteiger partial charge in [-0.25, -0.2) is 9.59 Å². The first kappa shape index (κ1) is 11.9. The molecule has 0 atom stereocenters. The van der Waals surface area contributed by atoms with E-state index in [-0.39, 0.29) is 22.3 Å². The highest BCUT2D eigenvalue weighted by molar-refractivity contribution is 5.98. The quantitative estimate of drug-likeness (QED) is 0.512. The van der Waals surface area contributed by atoms with Gasteiger partial charge in [0, 0.05) is 0 Å². The lowest BCUT2D eigenvalue weighted by molar-refractivity contribution is -0.133. The van der Waals surface area contributed by atoms with Crippen LogP contribution in [0, 0.1) is 0 Å². The molecule has 0 bridgehead atoms. The zero-order valence-corrected chi connectivity index (χ0v) is 7.54. The molecule has 4 heteroatoms. The van der Waals surface area contributed by atoms with Crippen LogP contribution in [0.25, 0.3) is 0 Å². The molecule has 0 aliphatic carbocycles. The summed E-state index contributed by atoms with van der Waals surface area (Å²) < 4.78 is 0. The summed E-state index contributed by atoms with van der Waals surface area (Å²) in [5.74, 6) is -2.54. The summed E-state index contributed by atoms with van der Waals surface area (Å²) >= 11 is 0. The molecule has 0 amide bonds. The first-order chi connectivity index (χ1) is 6.29. The van der Waals surface area contributed by atoms with Gasteiger partial charge in [0.15, 0.2) is 0 Å². The molecule has 14 heavy (non-hydrogen) atoms. The fourth-order valence-corrected chi connectivity index (χ4v) is 0.622. The topological polar surface area (TPSA) is 74.6 Å². The lowest BCUT2D eigenvalue weighted by Crippen LogP contribution is -2.08. The van der Waals surface area contributed by atoms with E-state index in [1.807, 2.05) is 0 Å². The van der Waals surface area contributed by atoms with Crippen molar-refractivity contribution in [2.45, 2.75) is 0 Å². The highest BCUT2D eigenvalue weighted by atomic mass is 16.4. The average molecular weight is 194 g/mol. The number of rotatable bonds is 5. The third-order valence-electron chi connectivity index (χ3n) is 1.61. The zero-order chi connectivity index (χ0) is 11.5. The van der Waals surface area contributed by atoms with Gasteiger partial charge in [-0.15, -0.1) is 0 Å². The van der Waals surface area contributed by atoms with E-state index in [1.165, 1.54) is 0 Å². The van der Waals surface area contributed by atoms with Crippen LogP contribution in [0.5, 0.6) is 0 Å². The minimum absolute atomic E-state index is 0.0371. The molecular weight excluding hydrogens is 184 g/mol. The van der Waals surface area contributed by atoms with Crippen molar-refractivity contribution in [2.24, 2.45) is 0 Å². The maximum atomic E-state index is 10.5. The molecule has 0 spiro atoms. The molecule has 0 aromatic rings. The molecule has 74 valence electrons. The van der Waals surface area contributed by atoms with E-state index in [0.29, 0.717) is 0 Å². The van der Waals surface area contributed by atoms with Crippen LogP contribution in [-0.2, 0) is 9.59 Å². The van der Waals surface area contributed by atoms with Gasteiger partial charge in [-0.1, -0.05) is 26.3 Å². The van der Waals surface area contributed by atoms with Crippen molar-refractivity contribution in [3.8, 4) is 0 Å². The van der Waals surface area contributed by atoms with Gasteiger partial charge >= 0.3 is 11.9 Å². The maximum Gasteiger partial charge on any atom is 0.335 e. The standard InChI is InChI=1S/C10H10O4/c1-5(7(3)9(11)12)6(2)8(4)10(13)14/h1-4H2,(H,11,12)(H,13,14). The molecule has 0 aromatic carbocycles. The Morgan fingerprint density at radius 3 is 1.00 bits per heavy atom. The fourth-order valence-electron chi connectivity index (χ4n) is 0.622. The Hall–Kier alpha value is -2.10. The molecule has 0 aromatic heterocycles. The number of carboxylic acids is 2. The molecule has 2 N–H and O–H groups in total. The van der Waals surface area contributed by atoms with E-state index in [2.05, 4.69) is 26.3 Å². The van der Waals surface area contributed by atoms with Gasteiger partial charge in [0.2, 0.25) is 0 Å². The molecule has 4 nitrogen and oxygen atoms in total. The second-order valence-corrected chi connectivity index (χ2v) is 2.52. The predicted octanol–water partition coefficient (Wildman–Crippen LogP) is 1.38. The number of carbonyl (C=O) groups is 2. The average Bonchev–Trinajstić information content (AvgIpc) is 2.12. The summed E-state index contributed by atoms with van der Waals surface area (Å²) in [4.78, 5) is 20.9. The van der Waals surface area contributed by atoms with E-state index >= 15 is 0 Å². The minimum Gasteiger partial charge on any atom is -0.478 e. The first-order valence-corrected chi connectivity index (χ1v) is 3.52. The summed E-state index contributed by atoms with van der Waals surface area (Å²) in [6.45, 7) is 13.2. The van der Waals surface area contributed by atoms with E-state index in [9.17, 15) is 9.59 Å². The number of hydrogen-bond donors (Lipinski definition) is 2. The molecule has 0 unspecified atom stereocenters. The first-order valence-electron chi connectivity index (χ1n) is 3.52. The number of hydrogen-bond acceptors (Lipinski definition) is 2. The third kappa shape index (κ3) is 2.45. The Labute approximate surface area is 81.2 Å². The zero-order valence-electron chi connectivity index (χ0n) is 7.54. The summed E-state index contributed by atoms with van der Waals surface area (Å²) in [6.07, 6.45) is 0. The Bertz CT molecular complexity index is 324. The lowest BCUT2D eigenvalue weighted by atomic mass is 9.97. The molecule has 0 radical (unpaired) electrons. The highest BCUT2D eigenvalue weighted by Crippen LogP contribution is 2.20. The maximum absolute atomic E-state index is 10.5. The van der Waals surface area contributed by atoms with Gasteiger partial charge < -0.3 is 10.2 Å². The van der Waals surface area contributed by atoms with Gasteiger partial charge in [-0.3, -0.25) is 0 Å². The van der Waals surface area contributed by atoms with Gasteiger partial charge in [-0.2, -0.15) is 0 Å². The smallest absolute Gasteiger partial charge is 0.335 e. The van der Waals surface area contributed by atoms with Gasteiger partial charge in [0.1, 0.15) is 0 Å². The van der Waals surface area contributed by atoms with E-state index in [4.69, 9.17) is 10.2 Å². The molecular formula is C10H10O4. The third-order valence-corrected chi connectivity index (χ3v) is 1.61. The molecule has 0 aliphatic rings. The second kappa shape index (κ2) is 4.23. The Balaban J connectivity index is 4.82. The van der Waals surface area contributed by atoms with Crippen LogP contribution in [0.2, 0.25) is 0 Å². The monoisotopic (exact) mass is 194 g/mol.